The van der Waals surface area contributed by atoms with E-state index in [1.165, 1.54) is 0 Å². The predicted octanol–water partition coefficient (Wildman–Crippen LogP) is 0.200. The topological polar surface area (TPSA) is 109 Å². The summed E-state index contributed by atoms with van der Waals surface area (Å²) in [6, 6.07) is 0. The summed E-state index contributed by atoms with van der Waals surface area (Å²) >= 11 is 0. The quantitative estimate of drug-likeness (QED) is 0.598. The Balaban J connectivity index is 0. The van der Waals surface area contributed by atoms with Gasteiger partial charge in [0, 0.05) is 5.54 Å². The van der Waals surface area contributed by atoms with Crippen LogP contribution in [0.5, 0.6) is 0 Å². The predicted molar refractivity (Wildman–Crippen MR) is 64.1 cm³/mol. The molecule has 4 N–H and O–H groups in total. The Morgan fingerprint density at radius 3 is 1.94 bits per heavy atom. The van der Waals surface area contributed by atoms with Crippen molar-refractivity contribution in [1.29, 1.82) is 0 Å². The normalized spacial score (nSPS) is 9.29. The van der Waals surface area contributed by atoms with Crippen LogP contribution in [0.1, 0.15) is 20.3 Å². The number of carbonyl (C=O) groups excluding carboxylic acids is 2. The summed E-state index contributed by atoms with van der Waals surface area (Å²) in [5.74, 6) is -1.78. The minimum absolute atomic E-state index is 0.105. The van der Waals surface area contributed by atoms with Gasteiger partial charge in [0.2, 0.25) is 11.8 Å². The zero-order chi connectivity index (χ0) is 14.1. The third-order valence-electron chi connectivity index (χ3n) is 1.44. The summed E-state index contributed by atoms with van der Waals surface area (Å²) in [5, 5.41) is 11.0. The number of nitrogens with one attached hydrogen (secondary N) is 1. The smallest absolute Gasteiger partial charge is 0.305 e. The number of hydrogen-bond donors (Lipinski definition) is 3. The van der Waals surface area contributed by atoms with Gasteiger partial charge in [0.25, 0.3) is 0 Å². The van der Waals surface area contributed by atoms with E-state index in [-0.39, 0.29) is 12.3 Å². The Bertz CT molecular complexity index is 321. The van der Waals surface area contributed by atoms with Crippen LogP contribution in [0, 0.1) is 0 Å². The molecule has 2 amide bonds. The maximum Gasteiger partial charge on any atom is 0.305 e. The third-order valence-corrected chi connectivity index (χ3v) is 1.44. The molecular weight excluding hydrogens is 224 g/mol. The highest BCUT2D eigenvalue weighted by Gasteiger charge is 2.22. The van der Waals surface area contributed by atoms with E-state index in [1.54, 1.807) is 13.8 Å². The second-order valence-corrected chi connectivity index (χ2v) is 3.75. The van der Waals surface area contributed by atoms with Crippen molar-refractivity contribution in [2.45, 2.75) is 25.8 Å². The average molecular weight is 242 g/mol. The zero-order valence-corrected chi connectivity index (χ0v) is 10.0. The molecule has 0 aliphatic rings. The maximum absolute atomic E-state index is 10.8. The standard InChI is InChI=1S/C8H13NO3.C3H5NO/c1-4-6(10)9-8(2,3)5-7(11)12;1-2-3(4)5/h4H,1,5H2,2-3H3,(H,9,10)(H,11,12);2H,1H2,(H2,4,5). The molecule has 6 heteroatoms. The van der Waals surface area contributed by atoms with Crippen LogP contribution < -0.4 is 11.1 Å². The molecule has 6 nitrogen and oxygen atoms in total. The van der Waals surface area contributed by atoms with Gasteiger partial charge in [0.05, 0.1) is 6.42 Å². The van der Waals surface area contributed by atoms with Crippen molar-refractivity contribution < 1.29 is 19.5 Å². The summed E-state index contributed by atoms with van der Waals surface area (Å²) < 4.78 is 0. The Labute approximate surface area is 100 Å². The first-order chi connectivity index (χ1) is 7.64. The lowest BCUT2D eigenvalue weighted by Crippen LogP contribution is -2.44. The van der Waals surface area contributed by atoms with Crippen molar-refractivity contribution in [2.24, 2.45) is 5.73 Å². The number of amides is 2. The van der Waals surface area contributed by atoms with Crippen LogP contribution in [-0.4, -0.2) is 28.4 Å². The highest BCUT2D eigenvalue weighted by atomic mass is 16.4. The summed E-state index contributed by atoms with van der Waals surface area (Å²) in [5.41, 5.74) is 3.81. The summed E-state index contributed by atoms with van der Waals surface area (Å²) in [6.07, 6.45) is 2.07. The number of carbonyl (C=O) groups is 3. The van der Waals surface area contributed by atoms with Gasteiger partial charge in [-0.25, -0.2) is 0 Å². The van der Waals surface area contributed by atoms with E-state index in [1.807, 2.05) is 0 Å². The van der Waals surface area contributed by atoms with Crippen molar-refractivity contribution in [1.82, 2.24) is 5.32 Å². The Kier molecular flexibility index (Phi) is 8.23. The van der Waals surface area contributed by atoms with Crippen LogP contribution in [0.3, 0.4) is 0 Å². The van der Waals surface area contributed by atoms with Gasteiger partial charge in [0.1, 0.15) is 0 Å². The first-order valence-electron chi connectivity index (χ1n) is 4.73. The van der Waals surface area contributed by atoms with E-state index >= 15 is 0 Å². The molecule has 0 aliphatic heterocycles. The molecule has 0 aromatic rings. The van der Waals surface area contributed by atoms with Gasteiger partial charge < -0.3 is 16.2 Å². The molecule has 0 saturated heterocycles. The van der Waals surface area contributed by atoms with E-state index in [0.29, 0.717) is 0 Å². The fourth-order valence-electron chi connectivity index (χ4n) is 0.807. The van der Waals surface area contributed by atoms with E-state index in [2.05, 4.69) is 24.2 Å². The van der Waals surface area contributed by atoms with Gasteiger partial charge in [-0.15, -0.1) is 0 Å². The molecule has 0 unspecified atom stereocenters. The number of rotatable bonds is 5. The Morgan fingerprint density at radius 1 is 1.29 bits per heavy atom. The minimum atomic E-state index is -0.940. The lowest BCUT2D eigenvalue weighted by molar-refractivity contribution is -0.138. The van der Waals surface area contributed by atoms with Gasteiger partial charge in [-0.3, -0.25) is 14.4 Å². The second kappa shape index (κ2) is 8.09. The van der Waals surface area contributed by atoms with Crippen molar-refractivity contribution in [3.63, 3.8) is 0 Å². The fraction of sp³-hybridized carbons (Fsp3) is 0.364. The number of hydrogen-bond acceptors (Lipinski definition) is 3. The van der Waals surface area contributed by atoms with Crippen LogP contribution in [0.4, 0.5) is 0 Å². The van der Waals surface area contributed by atoms with Crippen LogP contribution in [0.25, 0.3) is 0 Å². The van der Waals surface area contributed by atoms with Gasteiger partial charge in [-0.05, 0) is 26.0 Å². The zero-order valence-electron chi connectivity index (χ0n) is 10.0. The number of carboxylic acid groups (broad SMARTS) is 1. The van der Waals surface area contributed by atoms with Crippen LogP contribution >= 0.6 is 0 Å². The molecule has 0 fully saturated rings. The molecule has 0 saturated carbocycles. The van der Waals surface area contributed by atoms with Crippen LogP contribution in [0.2, 0.25) is 0 Å². The largest absolute Gasteiger partial charge is 0.481 e. The van der Waals surface area contributed by atoms with Gasteiger partial charge in [-0.2, -0.15) is 0 Å². The molecule has 0 atom stereocenters. The van der Waals surface area contributed by atoms with Crippen LogP contribution in [0.15, 0.2) is 25.3 Å². The highest BCUT2D eigenvalue weighted by Crippen LogP contribution is 2.07. The lowest BCUT2D eigenvalue weighted by atomic mass is 10.0. The molecule has 0 rings (SSSR count). The van der Waals surface area contributed by atoms with Crippen molar-refractivity contribution in [3.05, 3.63) is 25.3 Å². The summed E-state index contributed by atoms with van der Waals surface area (Å²) in [7, 11) is 0. The fourth-order valence-corrected chi connectivity index (χ4v) is 0.807. The monoisotopic (exact) mass is 242 g/mol. The SMILES string of the molecule is C=CC(=O)NC(C)(C)CC(=O)O.C=CC(N)=O. The first kappa shape index (κ1) is 17.3. The molecule has 96 valence electrons. The second-order valence-electron chi connectivity index (χ2n) is 3.75. The van der Waals surface area contributed by atoms with Crippen LogP contribution in [-0.2, 0) is 14.4 Å². The van der Waals surface area contributed by atoms with E-state index in [0.717, 1.165) is 12.2 Å². The number of carboxylic acids is 1. The molecule has 0 aromatic heterocycles. The molecule has 0 bridgehead atoms. The molecule has 0 aliphatic carbocycles. The maximum atomic E-state index is 10.8. The first-order valence-corrected chi connectivity index (χ1v) is 4.73. The number of nitrogens with two attached hydrogens (primary N) is 1. The van der Waals surface area contributed by atoms with E-state index in [9.17, 15) is 14.4 Å². The molecular formula is C11H18N2O4. The molecule has 17 heavy (non-hydrogen) atoms. The Morgan fingerprint density at radius 2 is 1.71 bits per heavy atom. The van der Waals surface area contributed by atoms with Crippen molar-refractivity contribution >= 4 is 17.8 Å². The van der Waals surface area contributed by atoms with Gasteiger partial charge in [-0.1, -0.05) is 13.2 Å². The van der Waals surface area contributed by atoms with Gasteiger partial charge >= 0.3 is 5.97 Å². The Hall–Kier alpha value is -2.11. The highest BCUT2D eigenvalue weighted by molar-refractivity contribution is 5.87. The van der Waals surface area contributed by atoms with Gasteiger partial charge in [0.15, 0.2) is 0 Å². The molecule has 0 heterocycles. The summed E-state index contributed by atoms with van der Waals surface area (Å²) in [4.78, 5) is 30.6. The lowest BCUT2D eigenvalue weighted by Gasteiger charge is -2.23. The van der Waals surface area contributed by atoms with Crippen molar-refractivity contribution in [2.75, 3.05) is 0 Å². The van der Waals surface area contributed by atoms with Crippen molar-refractivity contribution in [3.8, 4) is 0 Å². The number of aliphatic carboxylic acids is 1. The average Bonchev–Trinajstić information content (AvgIpc) is 2.15. The minimum Gasteiger partial charge on any atom is -0.481 e. The number of primary amides is 1. The molecule has 0 aromatic carbocycles. The summed E-state index contributed by atoms with van der Waals surface area (Å²) in [6.45, 7) is 9.63. The van der Waals surface area contributed by atoms with E-state index < -0.39 is 17.4 Å². The third kappa shape index (κ3) is 13.9. The molecule has 0 spiro atoms. The molecule has 0 radical (unpaired) electrons. The van der Waals surface area contributed by atoms with E-state index in [4.69, 9.17) is 5.11 Å².